The minimum atomic E-state index is -0.919. The van der Waals surface area contributed by atoms with Crippen LogP contribution in [0.15, 0.2) is 22.7 Å². The Hall–Kier alpha value is -1.40. The Morgan fingerprint density at radius 3 is 2.62 bits per heavy atom. The van der Waals surface area contributed by atoms with Gasteiger partial charge in [-0.1, -0.05) is 15.9 Å². The zero-order chi connectivity index (χ0) is 15.5. The molecule has 0 aliphatic carbocycles. The van der Waals surface area contributed by atoms with Crippen LogP contribution in [0.25, 0.3) is 0 Å². The van der Waals surface area contributed by atoms with Crippen LogP contribution in [0, 0.1) is 12.3 Å². The van der Waals surface area contributed by atoms with Gasteiger partial charge in [0.2, 0.25) is 0 Å². The van der Waals surface area contributed by atoms with Crippen LogP contribution < -0.4 is 5.32 Å². The van der Waals surface area contributed by atoms with Gasteiger partial charge in [-0.15, -0.1) is 0 Å². The molecule has 2 rings (SSSR count). The quantitative estimate of drug-likeness (QED) is 0.869. The summed E-state index contributed by atoms with van der Waals surface area (Å²) in [5.41, 5.74) is 0.487. The van der Waals surface area contributed by atoms with Crippen molar-refractivity contribution in [3.8, 4) is 0 Å². The number of carbonyl (C=O) groups is 2. The Bertz CT molecular complexity index is 553. The topological polar surface area (TPSA) is 75.6 Å². The third-order valence-corrected chi connectivity index (χ3v) is 4.42. The van der Waals surface area contributed by atoms with Crippen LogP contribution in [-0.4, -0.2) is 36.7 Å². The molecule has 5 nitrogen and oxygen atoms in total. The van der Waals surface area contributed by atoms with Crippen molar-refractivity contribution in [1.29, 1.82) is 0 Å². The summed E-state index contributed by atoms with van der Waals surface area (Å²) < 4.78 is 6.12. The highest BCUT2D eigenvalue weighted by Crippen LogP contribution is 2.30. The molecule has 0 atom stereocenters. The average Bonchev–Trinajstić information content (AvgIpc) is 2.45. The lowest BCUT2D eigenvalue weighted by Gasteiger charge is -2.33. The van der Waals surface area contributed by atoms with E-state index in [1.807, 2.05) is 13.0 Å². The van der Waals surface area contributed by atoms with Gasteiger partial charge in [0.25, 0.3) is 5.91 Å². The van der Waals surface area contributed by atoms with Crippen LogP contribution in [0.4, 0.5) is 0 Å². The summed E-state index contributed by atoms with van der Waals surface area (Å²) in [5, 5.41) is 12.2. The molecule has 2 N–H and O–H groups in total. The number of carboxylic acid groups (broad SMARTS) is 1. The van der Waals surface area contributed by atoms with Crippen molar-refractivity contribution in [1.82, 2.24) is 5.32 Å². The SMILES string of the molecule is Cc1cc(Br)ccc1C(=O)NCC1(C(=O)O)CCOCC1. The zero-order valence-corrected chi connectivity index (χ0v) is 13.4. The lowest BCUT2D eigenvalue weighted by atomic mass is 9.80. The third-order valence-electron chi connectivity index (χ3n) is 3.92. The molecule has 1 aliphatic rings. The van der Waals surface area contributed by atoms with Crippen molar-refractivity contribution < 1.29 is 19.4 Å². The van der Waals surface area contributed by atoms with Crippen molar-refractivity contribution in [2.75, 3.05) is 19.8 Å². The fourth-order valence-corrected chi connectivity index (χ4v) is 2.93. The highest BCUT2D eigenvalue weighted by molar-refractivity contribution is 9.10. The van der Waals surface area contributed by atoms with Crippen LogP contribution in [0.1, 0.15) is 28.8 Å². The molecule has 0 aromatic heterocycles. The fourth-order valence-electron chi connectivity index (χ4n) is 2.45. The molecule has 0 spiro atoms. The van der Waals surface area contributed by atoms with E-state index in [2.05, 4.69) is 21.2 Å². The molecule has 1 aromatic carbocycles. The van der Waals surface area contributed by atoms with E-state index >= 15 is 0 Å². The van der Waals surface area contributed by atoms with Crippen molar-refractivity contribution in [3.05, 3.63) is 33.8 Å². The number of aliphatic carboxylic acids is 1. The number of aryl methyl sites for hydroxylation is 1. The summed E-state index contributed by atoms with van der Waals surface area (Å²) in [5.74, 6) is -1.12. The number of ether oxygens (including phenoxy) is 1. The molecule has 114 valence electrons. The van der Waals surface area contributed by atoms with Crippen molar-refractivity contribution in [2.45, 2.75) is 19.8 Å². The molecular weight excluding hydrogens is 338 g/mol. The molecule has 1 heterocycles. The number of benzene rings is 1. The molecule has 0 saturated carbocycles. The predicted octanol–water partition coefficient (Wildman–Crippen LogP) is 2.37. The van der Waals surface area contributed by atoms with Crippen LogP contribution in [0.2, 0.25) is 0 Å². The lowest BCUT2D eigenvalue weighted by Crippen LogP contribution is -2.46. The van der Waals surface area contributed by atoms with Gasteiger partial charge in [0.15, 0.2) is 0 Å². The normalized spacial score (nSPS) is 17.2. The Kier molecular flexibility index (Phi) is 5.00. The zero-order valence-electron chi connectivity index (χ0n) is 11.8. The van der Waals surface area contributed by atoms with E-state index in [0.717, 1.165) is 10.0 Å². The molecule has 21 heavy (non-hydrogen) atoms. The number of rotatable bonds is 4. The molecule has 1 aromatic rings. The first-order chi connectivity index (χ1) is 9.94. The molecule has 0 unspecified atom stereocenters. The van der Waals surface area contributed by atoms with Gasteiger partial charge in [-0.25, -0.2) is 0 Å². The van der Waals surface area contributed by atoms with E-state index in [4.69, 9.17) is 4.74 Å². The second-order valence-electron chi connectivity index (χ2n) is 5.34. The van der Waals surface area contributed by atoms with Crippen LogP contribution >= 0.6 is 15.9 Å². The molecular formula is C15H18BrNO4. The second-order valence-corrected chi connectivity index (χ2v) is 6.26. The van der Waals surface area contributed by atoms with E-state index in [1.165, 1.54) is 0 Å². The average molecular weight is 356 g/mol. The van der Waals surface area contributed by atoms with Gasteiger partial charge in [0, 0.05) is 29.8 Å². The smallest absolute Gasteiger partial charge is 0.311 e. The van der Waals surface area contributed by atoms with E-state index in [9.17, 15) is 14.7 Å². The van der Waals surface area contributed by atoms with Gasteiger partial charge in [0.05, 0.1) is 5.41 Å². The van der Waals surface area contributed by atoms with Gasteiger partial charge in [-0.3, -0.25) is 9.59 Å². The molecule has 1 saturated heterocycles. The maximum atomic E-state index is 12.2. The predicted molar refractivity (Wildman–Crippen MR) is 81.3 cm³/mol. The van der Waals surface area contributed by atoms with Crippen molar-refractivity contribution in [2.24, 2.45) is 5.41 Å². The number of halogens is 1. The maximum Gasteiger partial charge on any atom is 0.311 e. The van der Waals surface area contributed by atoms with Crippen molar-refractivity contribution >= 4 is 27.8 Å². The number of nitrogens with one attached hydrogen (secondary N) is 1. The van der Waals surface area contributed by atoms with Gasteiger partial charge in [-0.2, -0.15) is 0 Å². The Balaban J connectivity index is 2.07. The van der Waals surface area contributed by atoms with Crippen LogP contribution in [-0.2, 0) is 9.53 Å². The summed E-state index contributed by atoms with van der Waals surface area (Å²) >= 11 is 3.35. The van der Waals surface area contributed by atoms with E-state index in [0.29, 0.717) is 31.6 Å². The minimum absolute atomic E-state index is 0.125. The summed E-state index contributed by atoms with van der Waals surface area (Å²) in [6, 6.07) is 5.38. The Morgan fingerprint density at radius 1 is 1.38 bits per heavy atom. The number of carboxylic acids is 1. The highest BCUT2D eigenvalue weighted by Gasteiger charge is 2.40. The fraction of sp³-hybridized carbons (Fsp3) is 0.467. The monoisotopic (exact) mass is 355 g/mol. The highest BCUT2D eigenvalue weighted by atomic mass is 79.9. The second kappa shape index (κ2) is 6.58. The molecule has 0 bridgehead atoms. The van der Waals surface area contributed by atoms with Gasteiger partial charge >= 0.3 is 5.97 Å². The summed E-state index contributed by atoms with van der Waals surface area (Å²) in [6.45, 7) is 2.81. The largest absolute Gasteiger partial charge is 0.481 e. The van der Waals surface area contributed by atoms with Gasteiger partial charge in [0.1, 0.15) is 0 Å². The maximum absolute atomic E-state index is 12.2. The molecule has 1 amide bonds. The number of carbonyl (C=O) groups excluding carboxylic acids is 1. The Morgan fingerprint density at radius 2 is 2.05 bits per heavy atom. The minimum Gasteiger partial charge on any atom is -0.481 e. The first-order valence-electron chi connectivity index (χ1n) is 6.80. The summed E-state index contributed by atoms with van der Waals surface area (Å²) in [6.07, 6.45) is 0.837. The standard InChI is InChI=1S/C15H18BrNO4/c1-10-8-11(16)2-3-12(10)13(18)17-9-15(14(19)20)4-6-21-7-5-15/h2-3,8H,4-7,9H2,1H3,(H,17,18)(H,19,20). The van der Waals surface area contributed by atoms with Crippen LogP contribution in [0.5, 0.6) is 0 Å². The first kappa shape index (κ1) is 16.0. The molecule has 6 heteroatoms. The Labute approximate surface area is 131 Å². The van der Waals surface area contributed by atoms with Crippen LogP contribution in [0.3, 0.4) is 0 Å². The lowest BCUT2D eigenvalue weighted by molar-refractivity contribution is -0.154. The first-order valence-corrected chi connectivity index (χ1v) is 7.59. The van der Waals surface area contributed by atoms with Crippen molar-refractivity contribution in [3.63, 3.8) is 0 Å². The van der Waals surface area contributed by atoms with Gasteiger partial charge < -0.3 is 15.2 Å². The third kappa shape index (κ3) is 3.63. The van der Waals surface area contributed by atoms with E-state index < -0.39 is 11.4 Å². The molecule has 0 radical (unpaired) electrons. The molecule has 1 aliphatic heterocycles. The summed E-state index contributed by atoms with van der Waals surface area (Å²) in [4.78, 5) is 23.8. The number of hydrogen-bond acceptors (Lipinski definition) is 3. The molecule has 1 fully saturated rings. The summed E-state index contributed by atoms with van der Waals surface area (Å²) in [7, 11) is 0. The number of hydrogen-bond donors (Lipinski definition) is 2. The van der Waals surface area contributed by atoms with E-state index in [-0.39, 0.29) is 12.5 Å². The number of amides is 1. The van der Waals surface area contributed by atoms with Gasteiger partial charge in [-0.05, 0) is 43.5 Å². The van der Waals surface area contributed by atoms with E-state index in [1.54, 1.807) is 12.1 Å².